The number of pyridine rings is 1. The van der Waals surface area contributed by atoms with Crippen LogP contribution in [0.1, 0.15) is 21.6 Å². The van der Waals surface area contributed by atoms with Crippen LogP contribution < -0.4 is 5.32 Å². The van der Waals surface area contributed by atoms with Gasteiger partial charge in [-0.1, -0.05) is 5.16 Å². The highest BCUT2D eigenvalue weighted by Gasteiger charge is 2.33. The van der Waals surface area contributed by atoms with E-state index in [2.05, 4.69) is 20.6 Å². The molecule has 1 amide bonds. The van der Waals surface area contributed by atoms with Gasteiger partial charge in [0.2, 0.25) is 0 Å². The number of benzene rings is 1. The van der Waals surface area contributed by atoms with Crippen LogP contribution in [0.4, 0.5) is 27.6 Å². The quantitative estimate of drug-likeness (QED) is 0.453. The Hall–Kier alpha value is -4.09. The van der Waals surface area contributed by atoms with Crippen LogP contribution in [-0.4, -0.2) is 25.8 Å². The molecular formula is C20H12F5N5O2. The van der Waals surface area contributed by atoms with Gasteiger partial charge in [0.05, 0.1) is 24.0 Å². The first kappa shape index (κ1) is 21.2. The summed E-state index contributed by atoms with van der Waals surface area (Å²) in [7, 11) is 0. The summed E-state index contributed by atoms with van der Waals surface area (Å²) in [6.45, 7) is -0.379. The number of carbonyl (C=O) groups is 1. The monoisotopic (exact) mass is 449 g/mol. The van der Waals surface area contributed by atoms with Crippen molar-refractivity contribution in [2.24, 2.45) is 0 Å². The largest absolute Gasteiger partial charge is 0.416 e. The maximum atomic E-state index is 13.8. The number of alkyl halides is 3. The van der Waals surface area contributed by atoms with Crippen LogP contribution in [0.3, 0.4) is 0 Å². The van der Waals surface area contributed by atoms with Crippen LogP contribution in [0.15, 0.2) is 59.5 Å². The molecule has 0 unspecified atom stereocenters. The van der Waals surface area contributed by atoms with E-state index in [-0.39, 0.29) is 34.9 Å². The summed E-state index contributed by atoms with van der Waals surface area (Å²) in [6, 6.07) is 5.90. The lowest BCUT2D eigenvalue weighted by Gasteiger charge is -2.12. The van der Waals surface area contributed by atoms with E-state index in [9.17, 15) is 26.7 Å². The number of hydrogen-bond donors (Lipinski definition) is 1. The Morgan fingerprint density at radius 3 is 2.72 bits per heavy atom. The molecule has 0 aliphatic carbocycles. The molecule has 164 valence electrons. The summed E-state index contributed by atoms with van der Waals surface area (Å²) in [5, 5.41) is 9.89. The van der Waals surface area contributed by atoms with Gasteiger partial charge < -0.3 is 9.84 Å². The molecule has 4 aromatic rings. The predicted octanol–water partition coefficient (Wildman–Crippen LogP) is 4.53. The Kier molecular flexibility index (Phi) is 5.43. The second kappa shape index (κ2) is 8.21. The van der Waals surface area contributed by atoms with Gasteiger partial charge in [-0.3, -0.25) is 9.48 Å². The maximum absolute atomic E-state index is 13.8. The van der Waals surface area contributed by atoms with Crippen LogP contribution in [0.5, 0.6) is 0 Å². The molecule has 12 heteroatoms. The number of amides is 1. The summed E-state index contributed by atoms with van der Waals surface area (Å²) >= 11 is 0. The lowest BCUT2D eigenvalue weighted by molar-refractivity contribution is -0.138. The predicted molar refractivity (Wildman–Crippen MR) is 100 cm³/mol. The zero-order valence-electron chi connectivity index (χ0n) is 15.9. The SMILES string of the molecule is O=C(Nc1cnn(Cc2cc(F)ccc2C(F)(F)F)c1)c1cc(-c2ncccc2F)on1. The number of anilines is 1. The van der Waals surface area contributed by atoms with Gasteiger partial charge >= 0.3 is 6.18 Å². The minimum Gasteiger partial charge on any atom is -0.354 e. The van der Waals surface area contributed by atoms with Crippen molar-refractivity contribution in [3.8, 4) is 11.5 Å². The van der Waals surface area contributed by atoms with Crippen molar-refractivity contribution in [3.05, 3.63) is 83.4 Å². The molecule has 1 aromatic carbocycles. The van der Waals surface area contributed by atoms with Crippen LogP contribution in [-0.2, 0) is 12.7 Å². The first-order valence-electron chi connectivity index (χ1n) is 8.98. The molecule has 0 aliphatic heterocycles. The molecule has 0 saturated heterocycles. The van der Waals surface area contributed by atoms with Gasteiger partial charge in [0.25, 0.3) is 5.91 Å². The highest BCUT2D eigenvalue weighted by atomic mass is 19.4. The third kappa shape index (κ3) is 4.48. The van der Waals surface area contributed by atoms with Crippen molar-refractivity contribution in [1.82, 2.24) is 19.9 Å². The van der Waals surface area contributed by atoms with Crippen molar-refractivity contribution >= 4 is 11.6 Å². The average molecular weight is 449 g/mol. The van der Waals surface area contributed by atoms with Gasteiger partial charge in [-0.05, 0) is 35.9 Å². The minimum atomic E-state index is -4.66. The van der Waals surface area contributed by atoms with E-state index in [1.54, 1.807) is 0 Å². The number of rotatable bonds is 5. The number of carbonyl (C=O) groups excluding carboxylic acids is 1. The highest BCUT2D eigenvalue weighted by Crippen LogP contribution is 2.32. The molecule has 3 heterocycles. The smallest absolute Gasteiger partial charge is 0.354 e. The van der Waals surface area contributed by atoms with E-state index >= 15 is 0 Å². The van der Waals surface area contributed by atoms with Crippen molar-refractivity contribution in [2.45, 2.75) is 12.7 Å². The first-order chi connectivity index (χ1) is 15.2. The number of nitrogens with zero attached hydrogens (tertiary/aromatic N) is 4. The Morgan fingerprint density at radius 2 is 1.97 bits per heavy atom. The standard InChI is InChI=1S/C20H12F5N5O2/c21-12-3-4-14(20(23,24)25)11(6-12)9-30-10-13(8-27-30)28-19(31)16-7-17(32-29-16)18-15(22)2-1-5-26-18/h1-8,10H,9H2,(H,28,31). The molecule has 32 heavy (non-hydrogen) atoms. The van der Waals surface area contributed by atoms with E-state index in [0.717, 1.165) is 16.8 Å². The van der Waals surface area contributed by atoms with Gasteiger partial charge in [-0.25, -0.2) is 13.8 Å². The highest BCUT2D eigenvalue weighted by molar-refractivity contribution is 6.03. The summed E-state index contributed by atoms with van der Waals surface area (Å²) in [4.78, 5) is 16.2. The Morgan fingerprint density at radius 1 is 1.16 bits per heavy atom. The molecule has 0 radical (unpaired) electrons. The average Bonchev–Trinajstić information content (AvgIpc) is 3.37. The molecule has 7 nitrogen and oxygen atoms in total. The molecule has 0 spiro atoms. The van der Waals surface area contributed by atoms with Crippen molar-refractivity contribution in [1.29, 1.82) is 0 Å². The fraction of sp³-hybridized carbons (Fsp3) is 0.100. The van der Waals surface area contributed by atoms with E-state index in [4.69, 9.17) is 4.52 Å². The topological polar surface area (TPSA) is 85.8 Å². The lowest BCUT2D eigenvalue weighted by atomic mass is 10.1. The second-order valence-corrected chi connectivity index (χ2v) is 6.59. The third-order valence-corrected chi connectivity index (χ3v) is 4.33. The molecule has 0 aliphatic rings. The molecule has 3 aromatic heterocycles. The minimum absolute atomic E-state index is 0.0604. The van der Waals surface area contributed by atoms with Gasteiger partial charge in [0.15, 0.2) is 17.3 Å². The number of nitrogens with one attached hydrogen (secondary N) is 1. The number of aromatic nitrogens is 4. The van der Waals surface area contributed by atoms with Gasteiger partial charge in [-0.2, -0.15) is 18.3 Å². The van der Waals surface area contributed by atoms with E-state index in [0.29, 0.717) is 6.07 Å². The maximum Gasteiger partial charge on any atom is 0.416 e. The molecular weight excluding hydrogens is 437 g/mol. The summed E-state index contributed by atoms with van der Waals surface area (Å²) in [5.74, 6) is -2.26. The normalized spacial score (nSPS) is 11.5. The molecule has 1 N–H and O–H groups in total. The van der Waals surface area contributed by atoms with Crippen LogP contribution >= 0.6 is 0 Å². The van der Waals surface area contributed by atoms with E-state index in [1.807, 2.05) is 0 Å². The number of hydrogen-bond acceptors (Lipinski definition) is 5. The summed E-state index contributed by atoms with van der Waals surface area (Å²) in [5.41, 5.74) is -1.47. The van der Waals surface area contributed by atoms with E-state index in [1.165, 1.54) is 36.8 Å². The third-order valence-electron chi connectivity index (χ3n) is 4.33. The Bertz CT molecular complexity index is 1280. The molecule has 0 fully saturated rings. The Labute approximate surface area is 176 Å². The van der Waals surface area contributed by atoms with E-state index < -0.39 is 29.3 Å². The molecule has 0 saturated carbocycles. The van der Waals surface area contributed by atoms with Gasteiger partial charge in [0, 0.05) is 18.5 Å². The van der Waals surface area contributed by atoms with Crippen LogP contribution in [0.25, 0.3) is 11.5 Å². The second-order valence-electron chi connectivity index (χ2n) is 6.59. The zero-order chi connectivity index (χ0) is 22.9. The fourth-order valence-electron chi connectivity index (χ4n) is 2.91. The number of halogens is 5. The van der Waals surface area contributed by atoms with Gasteiger partial charge in [0.1, 0.15) is 11.5 Å². The van der Waals surface area contributed by atoms with Crippen LogP contribution in [0, 0.1) is 11.6 Å². The van der Waals surface area contributed by atoms with Gasteiger partial charge in [-0.15, -0.1) is 0 Å². The summed E-state index contributed by atoms with van der Waals surface area (Å²) in [6.07, 6.45) is -0.852. The zero-order valence-corrected chi connectivity index (χ0v) is 15.9. The molecule has 4 rings (SSSR count). The lowest BCUT2D eigenvalue weighted by Crippen LogP contribution is -2.13. The summed E-state index contributed by atoms with van der Waals surface area (Å²) < 4.78 is 72.7. The fourth-order valence-corrected chi connectivity index (χ4v) is 2.91. The molecule has 0 atom stereocenters. The Balaban J connectivity index is 1.48. The van der Waals surface area contributed by atoms with Crippen molar-refractivity contribution in [2.75, 3.05) is 5.32 Å². The van der Waals surface area contributed by atoms with Crippen molar-refractivity contribution < 1.29 is 31.3 Å². The first-order valence-corrected chi connectivity index (χ1v) is 8.98. The van der Waals surface area contributed by atoms with Crippen LogP contribution in [0.2, 0.25) is 0 Å². The molecule has 0 bridgehead atoms. The van der Waals surface area contributed by atoms with Crippen molar-refractivity contribution in [3.63, 3.8) is 0 Å².